The van der Waals surface area contributed by atoms with Gasteiger partial charge in [-0.25, -0.2) is 4.79 Å². The summed E-state index contributed by atoms with van der Waals surface area (Å²) in [5.41, 5.74) is 0.197. The van der Waals surface area contributed by atoms with Crippen LogP contribution >= 0.6 is 0 Å². The zero-order valence-corrected chi connectivity index (χ0v) is 9.71. The third-order valence-corrected chi connectivity index (χ3v) is 2.52. The Morgan fingerprint density at radius 1 is 1.60 bits per heavy atom. The summed E-state index contributed by atoms with van der Waals surface area (Å²) >= 11 is 0. The smallest absolute Gasteiger partial charge is 0.333 e. The molecule has 0 radical (unpaired) electrons. The van der Waals surface area contributed by atoms with Gasteiger partial charge >= 0.3 is 5.97 Å². The average Bonchev–Trinajstić information content (AvgIpc) is 2.45. The molecule has 4 nitrogen and oxygen atoms in total. The maximum absolute atomic E-state index is 11.1. The average molecular weight is 213 g/mol. The van der Waals surface area contributed by atoms with E-state index in [0.717, 1.165) is 13.2 Å². The van der Waals surface area contributed by atoms with Crippen molar-refractivity contribution in [1.29, 1.82) is 0 Å². The first-order valence-electron chi connectivity index (χ1n) is 5.15. The first kappa shape index (κ1) is 12.2. The predicted octanol–water partition coefficient (Wildman–Crippen LogP) is 1.17. The first-order valence-corrected chi connectivity index (χ1v) is 5.15. The molecule has 0 unspecified atom stereocenters. The minimum absolute atomic E-state index is 0.240. The van der Waals surface area contributed by atoms with E-state index in [1.54, 1.807) is 6.92 Å². The molecule has 0 aromatic heterocycles. The van der Waals surface area contributed by atoms with E-state index in [1.165, 1.54) is 0 Å². The van der Waals surface area contributed by atoms with Crippen LogP contribution in [-0.2, 0) is 14.3 Å². The fourth-order valence-corrected chi connectivity index (χ4v) is 1.52. The number of carbonyl (C=O) groups excluding carboxylic acids is 1. The molecule has 0 aliphatic carbocycles. The molecule has 1 saturated heterocycles. The number of rotatable bonds is 4. The van der Waals surface area contributed by atoms with Crippen molar-refractivity contribution in [2.75, 3.05) is 26.3 Å². The second-order valence-corrected chi connectivity index (χ2v) is 4.20. The van der Waals surface area contributed by atoms with Crippen molar-refractivity contribution in [3.05, 3.63) is 12.2 Å². The minimum Gasteiger partial charge on any atom is -0.461 e. The Morgan fingerprint density at radius 3 is 2.73 bits per heavy atom. The second kappa shape index (κ2) is 4.77. The lowest BCUT2D eigenvalue weighted by Crippen LogP contribution is -2.41. The zero-order chi connectivity index (χ0) is 11.5. The van der Waals surface area contributed by atoms with Gasteiger partial charge in [-0.3, -0.25) is 4.90 Å². The summed E-state index contributed by atoms with van der Waals surface area (Å²) in [6.07, 6.45) is 0. The standard InChI is InChI=1S/C11H19NO3/c1-9(2)10(13)14-7-5-12-6-8-15-11(12,3)4/h1,5-8H2,2-4H3. The summed E-state index contributed by atoms with van der Waals surface area (Å²) in [5.74, 6) is -0.326. The Hall–Kier alpha value is -0.870. The number of carbonyl (C=O) groups is 1. The van der Waals surface area contributed by atoms with Crippen LogP contribution in [0.1, 0.15) is 20.8 Å². The molecule has 0 N–H and O–H groups in total. The van der Waals surface area contributed by atoms with Crippen LogP contribution in [0.25, 0.3) is 0 Å². The highest BCUT2D eigenvalue weighted by Crippen LogP contribution is 2.21. The topological polar surface area (TPSA) is 38.8 Å². The lowest BCUT2D eigenvalue weighted by Gasteiger charge is -2.29. The number of hydrogen-bond donors (Lipinski definition) is 0. The van der Waals surface area contributed by atoms with Gasteiger partial charge in [-0.2, -0.15) is 0 Å². The van der Waals surface area contributed by atoms with Gasteiger partial charge in [-0.1, -0.05) is 6.58 Å². The molecule has 1 heterocycles. The van der Waals surface area contributed by atoms with E-state index in [-0.39, 0.29) is 11.7 Å². The van der Waals surface area contributed by atoms with Crippen LogP contribution < -0.4 is 0 Å². The minimum atomic E-state index is -0.326. The van der Waals surface area contributed by atoms with Gasteiger partial charge in [0.15, 0.2) is 0 Å². The van der Waals surface area contributed by atoms with E-state index < -0.39 is 0 Å². The molecule has 86 valence electrons. The van der Waals surface area contributed by atoms with Crippen LogP contribution in [-0.4, -0.2) is 42.9 Å². The molecule has 0 saturated carbocycles. The summed E-state index contributed by atoms with van der Waals surface area (Å²) in [4.78, 5) is 13.3. The Balaban J connectivity index is 2.26. The molecule has 0 bridgehead atoms. The summed E-state index contributed by atoms with van der Waals surface area (Å²) in [6, 6.07) is 0. The maximum Gasteiger partial charge on any atom is 0.333 e. The molecule has 0 spiro atoms. The molecule has 1 rings (SSSR count). The SMILES string of the molecule is C=C(C)C(=O)OCCN1CCOC1(C)C. The van der Waals surface area contributed by atoms with Crippen molar-refractivity contribution in [3.8, 4) is 0 Å². The first-order chi connectivity index (χ1) is 6.93. The van der Waals surface area contributed by atoms with Crippen LogP contribution in [0.2, 0.25) is 0 Å². The Morgan fingerprint density at radius 2 is 2.27 bits per heavy atom. The van der Waals surface area contributed by atoms with Crippen molar-refractivity contribution in [2.24, 2.45) is 0 Å². The number of esters is 1. The van der Waals surface area contributed by atoms with E-state index in [0.29, 0.717) is 18.7 Å². The highest BCUT2D eigenvalue weighted by atomic mass is 16.5. The zero-order valence-electron chi connectivity index (χ0n) is 9.71. The van der Waals surface area contributed by atoms with E-state index in [2.05, 4.69) is 11.5 Å². The largest absolute Gasteiger partial charge is 0.461 e. The third kappa shape index (κ3) is 3.32. The molecule has 1 fully saturated rings. The fraction of sp³-hybridized carbons (Fsp3) is 0.727. The Bertz CT molecular complexity index is 261. The number of hydrogen-bond acceptors (Lipinski definition) is 4. The van der Waals surface area contributed by atoms with Crippen LogP contribution in [0, 0.1) is 0 Å². The molecule has 1 aliphatic heterocycles. The van der Waals surface area contributed by atoms with E-state index in [9.17, 15) is 4.79 Å². The highest BCUT2D eigenvalue weighted by molar-refractivity contribution is 5.86. The summed E-state index contributed by atoms with van der Waals surface area (Å²) < 4.78 is 10.5. The van der Waals surface area contributed by atoms with Gasteiger partial charge in [0.05, 0.1) is 6.61 Å². The van der Waals surface area contributed by atoms with Gasteiger partial charge in [0.2, 0.25) is 0 Å². The molecule has 0 aromatic rings. The molecule has 0 aromatic carbocycles. The van der Waals surface area contributed by atoms with Crippen molar-refractivity contribution >= 4 is 5.97 Å². The van der Waals surface area contributed by atoms with Crippen LogP contribution in [0.4, 0.5) is 0 Å². The predicted molar refractivity (Wildman–Crippen MR) is 57.4 cm³/mol. The van der Waals surface area contributed by atoms with E-state index in [1.807, 2.05) is 13.8 Å². The number of ether oxygens (including phenoxy) is 2. The van der Waals surface area contributed by atoms with Gasteiger partial charge < -0.3 is 9.47 Å². The third-order valence-electron chi connectivity index (χ3n) is 2.52. The van der Waals surface area contributed by atoms with Crippen LogP contribution in [0.5, 0.6) is 0 Å². The van der Waals surface area contributed by atoms with Gasteiger partial charge in [-0.15, -0.1) is 0 Å². The van der Waals surface area contributed by atoms with E-state index >= 15 is 0 Å². The summed E-state index contributed by atoms with van der Waals surface area (Å²) in [6.45, 7) is 11.9. The van der Waals surface area contributed by atoms with Gasteiger partial charge in [0.25, 0.3) is 0 Å². The lowest BCUT2D eigenvalue weighted by molar-refractivity contribution is -0.140. The second-order valence-electron chi connectivity index (χ2n) is 4.20. The molecule has 0 atom stereocenters. The van der Waals surface area contributed by atoms with Gasteiger partial charge in [0, 0.05) is 18.7 Å². The fourth-order valence-electron chi connectivity index (χ4n) is 1.52. The van der Waals surface area contributed by atoms with Crippen LogP contribution in [0.3, 0.4) is 0 Å². The van der Waals surface area contributed by atoms with Gasteiger partial charge in [0.1, 0.15) is 12.3 Å². The monoisotopic (exact) mass is 213 g/mol. The molecular formula is C11H19NO3. The maximum atomic E-state index is 11.1. The quantitative estimate of drug-likeness (QED) is 0.519. The Labute approximate surface area is 90.8 Å². The molecule has 15 heavy (non-hydrogen) atoms. The van der Waals surface area contributed by atoms with Crippen molar-refractivity contribution in [2.45, 2.75) is 26.5 Å². The normalized spacial score (nSPS) is 20.2. The summed E-state index contributed by atoms with van der Waals surface area (Å²) in [5, 5.41) is 0. The van der Waals surface area contributed by atoms with E-state index in [4.69, 9.17) is 9.47 Å². The van der Waals surface area contributed by atoms with Gasteiger partial charge in [-0.05, 0) is 20.8 Å². The molecule has 0 amide bonds. The molecule has 1 aliphatic rings. The highest BCUT2D eigenvalue weighted by Gasteiger charge is 2.32. The van der Waals surface area contributed by atoms with Crippen molar-refractivity contribution in [3.63, 3.8) is 0 Å². The van der Waals surface area contributed by atoms with Crippen molar-refractivity contribution < 1.29 is 14.3 Å². The molecule has 4 heteroatoms. The summed E-state index contributed by atoms with van der Waals surface area (Å²) in [7, 11) is 0. The van der Waals surface area contributed by atoms with Crippen molar-refractivity contribution in [1.82, 2.24) is 4.90 Å². The van der Waals surface area contributed by atoms with Crippen LogP contribution in [0.15, 0.2) is 12.2 Å². The Kier molecular flexibility index (Phi) is 3.88. The lowest BCUT2D eigenvalue weighted by atomic mass is 10.3. The molecular weight excluding hydrogens is 194 g/mol. The number of nitrogens with zero attached hydrogens (tertiary/aromatic N) is 1.